The first-order valence-corrected chi connectivity index (χ1v) is 9.80. The molecule has 1 saturated carbocycles. The second-order valence-electron chi connectivity index (χ2n) is 6.78. The lowest BCUT2D eigenvalue weighted by Crippen LogP contribution is -2.40. The van der Waals surface area contributed by atoms with E-state index in [9.17, 15) is 8.42 Å². The summed E-state index contributed by atoms with van der Waals surface area (Å²) in [6.07, 6.45) is 4.13. The van der Waals surface area contributed by atoms with Gasteiger partial charge in [-0.3, -0.25) is 0 Å². The third kappa shape index (κ3) is 4.28. The topological polar surface area (TPSA) is 58.2 Å². The van der Waals surface area contributed by atoms with Crippen LogP contribution in [0.1, 0.15) is 50.0 Å². The molecule has 4 nitrogen and oxygen atoms in total. The molecule has 1 fully saturated rings. The molecule has 1 aliphatic carbocycles. The zero-order valence-electron chi connectivity index (χ0n) is 13.3. The van der Waals surface area contributed by atoms with Gasteiger partial charge in [-0.05, 0) is 50.3 Å². The minimum absolute atomic E-state index is 0.0638. The van der Waals surface area contributed by atoms with Gasteiger partial charge in [-0.25, -0.2) is 13.1 Å². The molecule has 1 heterocycles. The van der Waals surface area contributed by atoms with E-state index in [1.54, 1.807) is 6.07 Å². The molecule has 1 unspecified atom stereocenters. The van der Waals surface area contributed by atoms with Crippen LogP contribution in [0.4, 0.5) is 0 Å². The van der Waals surface area contributed by atoms with Gasteiger partial charge in [0.25, 0.3) is 0 Å². The Bertz CT molecular complexity index is 591. The number of rotatable bonds is 5. The highest BCUT2D eigenvalue weighted by Crippen LogP contribution is 2.36. The van der Waals surface area contributed by atoms with E-state index in [0.29, 0.717) is 10.8 Å². The summed E-state index contributed by atoms with van der Waals surface area (Å²) in [5, 5.41) is 3.08. The van der Waals surface area contributed by atoms with Crippen molar-refractivity contribution in [3.8, 4) is 0 Å². The zero-order valence-corrected chi connectivity index (χ0v) is 15.0. The van der Waals surface area contributed by atoms with E-state index in [4.69, 9.17) is 0 Å². The molecule has 120 valence electrons. The molecule has 1 aromatic rings. The number of thiophene rings is 1. The highest BCUT2D eigenvalue weighted by molar-refractivity contribution is 7.91. The van der Waals surface area contributed by atoms with Crippen molar-refractivity contribution >= 4 is 21.4 Å². The van der Waals surface area contributed by atoms with Crippen molar-refractivity contribution in [3.63, 3.8) is 0 Å². The van der Waals surface area contributed by atoms with Crippen LogP contribution in [0.2, 0.25) is 0 Å². The maximum Gasteiger partial charge on any atom is 0.250 e. The maximum atomic E-state index is 12.6. The molecule has 1 atom stereocenters. The fourth-order valence-electron chi connectivity index (χ4n) is 3.03. The second-order valence-corrected chi connectivity index (χ2v) is 9.86. The summed E-state index contributed by atoms with van der Waals surface area (Å²) in [6.45, 7) is 7.11. The van der Waals surface area contributed by atoms with Crippen LogP contribution in [0.15, 0.2) is 10.3 Å². The van der Waals surface area contributed by atoms with Crippen molar-refractivity contribution in [1.82, 2.24) is 10.0 Å². The summed E-state index contributed by atoms with van der Waals surface area (Å²) >= 11 is 1.37. The number of hydrogen-bond acceptors (Lipinski definition) is 4. The van der Waals surface area contributed by atoms with E-state index >= 15 is 0 Å². The monoisotopic (exact) mass is 330 g/mol. The van der Waals surface area contributed by atoms with Crippen LogP contribution < -0.4 is 10.0 Å². The minimum atomic E-state index is -3.39. The van der Waals surface area contributed by atoms with E-state index in [-0.39, 0.29) is 11.5 Å². The van der Waals surface area contributed by atoms with E-state index in [2.05, 4.69) is 23.9 Å². The van der Waals surface area contributed by atoms with Gasteiger partial charge in [0.2, 0.25) is 10.0 Å². The molecule has 0 spiro atoms. The highest BCUT2D eigenvalue weighted by atomic mass is 32.2. The predicted molar refractivity (Wildman–Crippen MR) is 88.2 cm³/mol. The molecule has 0 saturated heterocycles. The van der Waals surface area contributed by atoms with Gasteiger partial charge in [-0.2, -0.15) is 0 Å². The van der Waals surface area contributed by atoms with Crippen LogP contribution >= 0.6 is 11.3 Å². The molecular weight excluding hydrogens is 304 g/mol. The van der Waals surface area contributed by atoms with Crippen LogP contribution in [-0.4, -0.2) is 21.5 Å². The fourth-order valence-corrected chi connectivity index (χ4v) is 5.92. The van der Waals surface area contributed by atoms with E-state index in [1.165, 1.54) is 17.8 Å². The smallest absolute Gasteiger partial charge is 0.250 e. The van der Waals surface area contributed by atoms with Crippen LogP contribution in [0, 0.1) is 12.3 Å². The summed E-state index contributed by atoms with van der Waals surface area (Å²) in [5.41, 5.74) is 1.27. The molecule has 2 rings (SSSR count). The molecule has 0 radical (unpaired) electrons. The average molecular weight is 331 g/mol. The summed E-state index contributed by atoms with van der Waals surface area (Å²) in [5.74, 6) is 0. The van der Waals surface area contributed by atoms with Gasteiger partial charge < -0.3 is 5.32 Å². The number of sulfonamides is 1. The van der Waals surface area contributed by atoms with E-state index in [0.717, 1.165) is 29.7 Å². The maximum absolute atomic E-state index is 12.6. The largest absolute Gasteiger partial charge is 0.315 e. The van der Waals surface area contributed by atoms with Gasteiger partial charge in [0.05, 0.1) is 0 Å². The summed E-state index contributed by atoms with van der Waals surface area (Å²) in [6, 6.07) is 1.85. The highest BCUT2D eigenvalue weighted by Gasteiger charge is 2.31. The molecule has 2 N–H and O–H groups in total. The van der Waals surface area contributed by atoms with Crippen molar-refractivity contribution in [3.05, 3.63) is 16.5 Å². The lowest BCUT2D eigenvalue weighted by molar-refractivity contribution is 0.212. The molecule has 1 aliphatic rings. The van der Waals surface area contributed by atoms with Crippen molar-refractivity contribution in [2.24, 2.45) is 5.41 Å². The van der Waals surface area contributed by atoms with Crippen molar-refractivity contribution in [2.75, 3.05) is 7.05 Å². The molecular formula is C15H26N2O2S2. The Hall–Kier alpha value is -0.430. The van der Waals surface area contributed by atoms with Crippen molar-refractivity contribution in [2.45, 2.75) is 63.3 Å². The molecule has 0 amide bonds. The predicted octanol–water partition coefficient (Wildman–Crippen LogP) is 3.02. The summed E-state index contributed by atoms with van der Waals surface area (Å²) in [4.78, 5) is 1.09. The first-order valence-electron chi connectivity index (χ1n) is 7.50. The van der Waals surface area contributed by atoms with Crippen LogP contribution in [-0.2, 0) is 16.6 Å². The normalized spacial score (nSPS) is 22.4. The summed E-state index contributed by atoms with van der Waals surface area (Å²) in [7, 11) is -1.52. The van der Waals surface area contributed by atoms with Crippen LogP contribution in [0.5, 0.6) is 0 Å². The van der Waals surface area contributed by atoms with Crippen LogP contribution in [0.25, 0.3) is 0 Å². The van der Waals surface area contributed by atoms with Gasteiger partial charge in [0.15, 0.2) is 0 Å². The molecule has 21 heavy (non-hydrogen) atoms. The third-order valence-corrected chi connectivity index (χ3v) is 7.36. The van der Waals surface area contributed by atoms with Gasteiger partial charge in [-0.15, -0.1) is 11.3 Å². The molecule has 1 aromatic heterocycles. The Balaban J connectivity index is 2.13. The zero-order chi connectivity index (χ0) is 15.7. The van der Waals surface area contributed by atoms with Gasteiger partial charge >= 0.3 is 0 Å². The lowest BCUT2D eigenvalue weighted by atomic mass is 9.75. The Labute approximate surface area is 132 Å². The number of nitrogens with one attached hydrogen (secondary N) is 2. The molecule has 0 aliphatic heterocycles. The lowest BCUT2D eigenvalue weighted by Gasteiger charge is -2.35. The molecule has 0 aromatic carbocycles. The van der Waals surface area contributed by atoms with Gasteiger partial charge in [-0.1, -0.05) is 20.3 Å². The van der Waals surface area contributed by atoms with E-state index < -0.39 is 10.0 Å². The number of aryl methyl sites for hydroxylation is 1. The average Bonchev–Trinajstić information content (AvgIpc) is 2.70. The van der Waals surface area contributed by atoms with Gasteiger partial charge in [0, 0.05) is 17.5 Å². The molecule has 0 bridgehead atoms. The Morgan fingerprint density at radius 1 is 1.43 bits per heavy atom. The SMILES string of the molecule is CNCc1sc(S(=O)(=O)NC2CCCC(C)(C)C2)cc1C. The minimum Gasteiger partial charge on any atom is -0.315 e. The summed E-state index contributed by atoms with van der Waals surface area (Å²) < 4.78 is 28.5. The van der Waals surface area contributed by atoms with Crippen molar-refractivity contribution < 1.29 is 8.42 Å². The Morgan fingerprint density at radius 3 is 2.76 bits per heavy atom. The number of hydrogen-bond donors (Lipinski definition) is 2. The molecule has 6 heteroatoms. The quantitative estimate of drug-likeness (QED) is 0.872. The van der Waals surface area contributed by atoms with Crippen molar-refractivity contribution in [1.29, 1.82) is 0 Å². The first-order chi connectivity index (χ1) is 9.73. The second kappa shape index (κ2) is 6.36. The standard InChI is InChI=1S/C15H26N2O2S2/c1-11-8-14(20-13(11)10-16-4)21(18,19)17-12-6-5-7-15(2,3)9-12/h8,12,16-17H,5-7,9-10H2,1-4H3. The third-order valence-electron chi connectivity index (χ3n) is 4.13. The van der Waals surface area contributed by atoms with E-state index in [1.807, 2.05) is 14.0 Å². The fraction of sp³-hybridized carbons (Fsp3) is 0.733. The Morgan fingerprint density at radius 2 is 2.14 bits per heavy atom. The van der Waals surface area contributed by atoms with Crippen LogP contribution in [0.3, 0.4) is 0 Å². The Kier molecular flexibility index (Phi) is 5.13. The first kappa shape index (κ1) is 16.9. The van der Waals surface area contributed by atoms with Gasteiger partial charge in [0.1, 0.15) is 4.21 Å².